The molecule has 0 nitrogen and oxygen atoms in total. The fourth-order valence-electron chi connectivity index (χ4n) is 1.25. The van der Waals surface area contributed by atoms with Crippen molar-refractivity contribution in [1.82, 2.24) is 0 Å². The zero-order chi connectivity index (χ0) is 8.39. The Morgan fingerprint density at radius 2 is 2.00 bits per heavy atom. The highest BCUT2D eigenvalue weighted by molar-refractivity contribution is 7.08. The minimum absolute atomic E-state index is 1.32. The summed E-state index contributed by atoms with van der Waals surface area (Å²) in [5.74, 6) is 0. The van der Waals surface area contributed by atoms with E-state index in [0.29, 0.717) is 0 Å². The molecule has 0 N–H and O–H groups in total. The van der Waals surface area contributed by atoms with Gasteiger partial charge in [0.2, 0.25) is 0 Å². The van der Waals surface area contributed by atoms with Crippen LogP contribution >= 0.6 is 11.3 Å². The Bertz CT molecular complexity index is 360. The van der Waals surface area contributed by atoms with Crippen LogP contribution in [0.15, 0.2) is 41.1 Å². The molecule has 0 bridgehead atoms. The molecule has 0 spiro atoms. The first-order chi connectivity index (χ1) is 5.86. The molecular weight excluding hydrogens is 164 g/mol. The van der Waals surface area contributed by atoms with E-state index in [0.717, 1.165) is 0 Å². The lowest BCUT2D eigenvalue weighted by Crippen LogP contribution is -1.74. The molecule has 1 aromatic heterocycles. The molecule has 0 aliphatic heterocycles. The molecule has 0 atom stereocenters. The molecule has 1 heteroatoms. The van der Waals surface area contributed by atoms with E-state index in [4.69, 9.17) is 0 Å². The van der Waals surface area contributed by atoms with Gasteiger partial charge in [0.25, 0.3) is 0 Å². The Balaban J connectivity index is 2.48. The Morgan fingerprint density at radius 3 is 2.67 bits per heavy atom. The number of rotatable bonds is 1. The molecule has 0 saturated carbocycles. The van der Waals surface area contributed by atoms with Crippen LogP contribution in [0.5, 0.6) is 0 Å². The lowest BCUT2D eigenvalue weighted by atomic mass is 10.1. The first-order valence-electron chi connectivity index (χ1n) is 3.95. The zero-order valence-electron chi connectivity index (χ0n) is 6.95. The van der Waals surface area contributed by atoms with Gasteiger partial charge < -0.3 is 0 Å². The molecule has 2 aromatic rings. The second kappa shape index (κ2) is 3.11. The SMILES string of the molecule is Cc1cccc(-c2ccsc2)c1. The summed E-state index contributed by atoms with van der Waals surface area (Å²) in [4.78, 5) is 0. The smallest absolute Gasteiger partial charge is 0.00147 e. The van der Waals surface area contributed by atoms with Crippen LogP contribution in [0.1, 0.15) is 5.56 Å². The van der Waals surface area contributed by atoms with Gasteiger partial charge in [-0.05, 0) is 34.9 Å². The van der Waals surface area contributed by atoms with E-state index in [1.165, 1.54) is 16.7 Å². The lowest BCUT2D eigenvalue weighted by Gasteiger charge is -1.97. The molecule has 2 rings (SSSR count). The average molecular weight is 174 g/mol. The topological polar surface area (TPSA) is 0 Å². The van der Waals surface area contributed by atoms with Crippen LogP contribution in [0.4, 0.5) is 0 Å². The highest BCUT2D eigenvalue weighted by atomic mass is 32.1. The van der Waals surface area contributed by atoms with E-state index >= 15 is 0 Å². The van der Waals surface area contributed by atoms with E-state index in [1.807, 2.05) is 0 Å². The zero-order valence-corrected chi connectivity index (χ0v) is 7.77. The highest BCUT2D eigenvalue weighted by Gasteiger charge is 1.95. The minimum Gasteiger partial charge on any atom is -0.152 e. The Kier molecular flexibility index (Phi) is 1.96. The largest absolute Gasteiger partial charge is 0.152 e. The van der Waals surface area contributed by atoms with Gasteiger partial charge in [-0.3, -0.25) is 0 Å². The van der Waals surface area contributed by atoms with Crippen molar-refractivity contribution in [3.8, 4) is 11.1 Å². The minimum atomic E-state index is 1.32. The normalized spacial score (nSPS) is 10.1. The lowest BCUT2D eigenvalue weighted by molar-refractivity contribution is 1.47. The maximum atomic E-state index is 2.21. The van der Waals surface area contributed by atoms with Gasteiger partial charge in [0, 0.05) is 0 Å². The Labute approximate surface area is 76.5 Å². The van der Waals surface area contributed by atoms with Crippen LogP contribution in [0.25, 0.3) is 11.1 Å². The summed E-state index contributed by atoms with van der Waals surface area (Å²) in [5.41, 5.74) is 3.96. The van der Waals surface area contributed by atoms with E-state index in [9.17, 15) is 0 Å². The van der Waals surface area contributed by atoms with Crippen LogP contribution in [-0.4, -0.2) is 0 Å². The van der Waals surface area contributed by atoms with Crippen molar-refractivity contribution in [2.24, 2.45) is 0 Å². The van der Waals surface area contributed by atoms with Crippen LogP contribution in [-0.2, 0) is 0 Å². The first kappa shape index (κ1) is 7.56. The van der Waals surface area contributed by atoms with Crippen LogP contribution in [0.3, 0.4) is 0 Å². The first-order valence-corrected chi connectivity index (χ1v) is 4.90. The predicted molar refractivity (Wildman–Crippen MR) is 54.5 cm³/mol. The third-order valence-electron chi connectivity index (χ3n) is 1.87. The maximum Gasteiger partial charge on any atom is -0.00147 e. The van der Waals surface area contributed by atoms with Gasteiger partial charge in [0.15, 0.2) is 0 Å². The van der Waals surface area contributed by atoms with Gasteiger partial charge in [-0.15, -0.1) is 0 Å². The fraction of sp³-hybridized carbons (Fsp3) is 0.0909. The van der Waals surface area contributed by atoms with Gasteiger partial charge in [-0.25, -0.2) is 0 Å². The molecule has 0 unspecified atom stereocenters. The molecule has 1 aromatic carbocycles. The predicted octanol–water partition coefficient (Wildman–Crippen LogP) is 3.72. The average Bonchev–Trinajstić information content (AvgIpc) is 2.56. The van der Waals surface area contributed by atoms with Gasteiger partial charge in [-0.2, -0.15) is 11.3 Å². The molecular formula is C11H10S. The highest BCUT2D eigenvalue weighted by Crippen LogP contribution is 2.22. The van der Waals surface area contributed by atoms with Crippen LogP contribution in [0, 0.1) is 6.92 Å². The van der Waals surface area contributed by atoms with E-state index in [2.05, 4.69) is 48.0 Å². The molecule has 0 aliphatic rings. The molecule has 0 amide bonds. The van der Waals surface area contributed by atoms with Crippen molar-refractivity contribution in [1.29, 1.82) is 0 Å². The Hall–Kier alpha value is -1.08. The number of hydrogen-bond donors (Lipinski definition) is 0. The number of aryl methyl sites for hydroxylation is 1. The number of hydrogen-bond acceptors (Lipinski definition) is 1. The fourth-order valence-corrected chi connectivity index (χ4v) is 1.92. The van der Waals surface area contributed by atoms with Gasteiger partial charge in [-0.1, -0.05) is 29.8 Å². The van der Waals surface area contributed by atoms with E-state index in [-0.39, 0.29) is 0 Å². The third kappa shape index (κ3) is 1.41. The van der Waals surface area contributed by atoms with Gasteiger partial charge in [0.1, 0.15) is 0 Å². The van der Waals surface area contributed by atoms with Crippen molar-refractivity contribution in [2.75, 3.05) is 0 Å². The molecule has 0 fully saturated rings. The molecule has 12 heavy (non-hydrogen) atoms. The summed E-state index contributed by atoms with van der Waals surface area (Å²) in [5, 5.41) is 4.28. The Morgan fingerprint density at radius 1 is 1.08 bits per heavy atom. The molecule has 0 saturated heterocycles. The molecule has 0 radical (unpaired) electrons. The monoisotopic (exact) mass is 174 g/mol. The summed E-state index contributed by atoms with van der Waals surface area (Å²) >= 11 is 1.74. The number of thiophene rings is 1. The van der Waals surface area contributed by atoms with E-state index < -0.39 is 0 Å². The second-order valence-corrected chi connectivity index (χ2v) is 3.66. The summed E-state index contributed by atoms with van der Waals surface area (Å²) < 4.78 is 0. The van der Waals surface area contributed by atoms with Crippen molar-refractivity contribution in [3.63, 3.8) is 0 Å². The molecule has 0 aliphatic carbocycles. The van der Waals surface area contributed by atoms with Crippen molar-refractivity contribution in [3.05, 3.63) is 46.7 Å². The van der Waals surface area contributed by atoms with Gasteiger partial charge >= 0.3 is 0 Å². The van der Waals surface area contributed by atoms with E-state index in [1.54, 1.807) is 11.3 Å². The molecule has 1 heterocycles. The summed E-state index contributed by atoms with van der Waals surface area (Å²) in [6, 6.07) is 10.7. The number of benzene rings is 1. The molecule has 60 valence electrons. The van der Waals surface area contributed by atoms with Crippen LogP contribution in [0.2, 0.25) is 0 Å². The van der Waals surface area contributed by atoms with Crippen LogP contribution < -0.4 is 0 Å². The standard InChI is InChI=1S/C11H10S/c1-9-3-2-4-10(7-9)11-5-6-12-8-11/h2-8H,1H3. The maximum absolute atomic E-state index is 2.21. The van der Waals surface area contributed by atoms with Gasteiger partial charge in [0.05, 0.1) is 0 Å². The van der Waals surface area contributed by atoms with Crippen molar-refractivity contribution < 1.29 is 0 Å². The summed E-state index contributed by atoms with van der Waals surface area (Å²) in [7, 11) is 0. The summed E-state index contributed by atoms with van der Waals surface area (Å²) in [6.45, 7) is 2.12. The third-order valence-corrected chi connectivity index (χ3v) is 2.56. The quantitative estimate of drug-likeness (QED) is 0.618. The van der Waals surface area contributed by atoms with Crippen molar-refractivity contribution >= 4 is 11.3 Å². The second-order valence-electron chi connectivity index (χ2n) is 2.88. The summed E-state index contributed by atoms with van der Waals surface area (Å²) in [6.07, 6.45) is 0. The van der Waals surface area contributed by atoms with Crippen molar-refractivity contribution in [2.45, 2.75) is 6.92 Å².